The van der Waals surface area contributed by atoms with Gasteiger partial charge in [-0.1, -0.05) is 11.6 Å². The van der Waals surface area contributed by atoms with Gasteiger partial charge in [0.1, 0.15) is 0 Å². The fraction of sp³-hybridized carbons (Fsp3) is 0.111. The molecule has 0 bridgehead atoms. The second-order valence-corrected chi connectivity index (χ2v) is 2.81. The van der Waals surface area contributed by atoms with Crippen LogP contribution in [0.1, 0.15) is 12.5 Å². The first-order valence-electron chi connectivity index (χ1n) is 3.67. The third kappa shape index (κ3) is 2.29. The minimum Gasteiger partial charge on any atom is -0.258 e. The Morgan fingerprint density at radius 3 is 2.38 bits per heavy atom. The Labute approximate surface area is 80.8 Å². The number of hydrogen-bond donors (Lipinski definition) is 0. The topological polar surface area (TPSA) is 43.1 Å². The second-order valence-electron chi connectivity index (χ2n) is 2.60. The van der Waals surface area contributed by atoms with Crippen LogP contribution in [0, 0.1) is 10.1 Å². The van der Waals surface area contributed by atoms with Gasteiger partial charge in [0, 0.05) is 17.7 Å². The van der Waals surface area contributed by atoms with Crippen LogP contribution in [-0.4, -0.2) is 4.92 Å². The summed E-state index contributed by atoms with van der Waals surface area (Å²) in [4.78, 5) is 9.89. The molecule has 0 aliphatic rings. The Kier molecular flexibility index (Phi) is 3.03. The minimum absolute atomic E-state index is 0.0890. The van der Waals surface area contributed by atoms with Crippen molar-refractivity contribution in [1.29, 1.82) is 0 Å². The van der Waals surface area contributed by atoms with Crippen LogP contribution >= 0.6 is 11.6 Å². The van der Waals surface area contributed by atoms with Crippen LogP contribution < -0.4 is 0 Å². The smallest absolute Gasteiger partial charge is 0.258 e. The molecule has 13 heavy (non-hydrogen) atoms. The SMILES string of the molecule is CC(=CCl)c1ccc([N+](=O)[O-])cc1. The molecular weight excluding hydrogens is 190 g/mol. The number of hydrogen-bond acceptors (Lipinski definition) is 2. The van der Waals surface area contributed by atoms with E-state index >= 15 is 0 Å². The van der Waals surface area contributed by atoms with Crippen molar-refractivity contribution in [2.45, 2.75) is 6.92 Å². The van der Waals surface area contributed by atoms with Gasteiger partial charge in [-0.2, -0.15) is 0 Å². The first-order valence-corrected chi connectivity index (χ1v) is 4.10. The number of nitrogens with zero attached hydrogens (tertiary/aromatic N) is 1. The quantitative estimate of drug-likeness (QED) is 0.540. The highest BCUT2D eigenvalue weighted by atomic mass is 35.5. The summed E-state index contributed by atoms with van der Waals surface area (Å²) < 4.78 is 0. The Balaban J connectivity index is 3.00. The van der Waals surface area contributed by atoms with Crippen molar-refractivity contribution < 1.29 is 4.92 Å². The zero-order chi connectivity index (χ0) is 9.84. The molecule has 0 amide bonds. The molecule has 0 saturated carbocycles. The molecule has 1 aromatic rings. The number of rotatable bonds is 2. The second kappa shape index (κ2) is 4.05. The molecule has 0 radical (unpaired) electrons. The van der Waals surface area contributed by atoms with Crippen LogP contribution in [0.4, 0.5) is 5.69 Å². The van der Waals surface area contributed by atoms with Crippen molar-refractivity contribution in [2.24, 2.45) is 0 Å². The highest BCUT2D eigenvalue weighted by molar-refractivity contribution is 6.28. The molecule has 1 aromatic carbocycles. The third-order valence-electron chi connectivity index (χ3n) is 1.70. The fourth-order valence-corrected chi connectivity index (χ4v) is 1.04. The van der Waals surface area contributed by atoms with Crippen LogP contribution in [-0.2, 0) is 0 Å². The number of nitro groups is 1. The lowest BCUT2D eigenvalue weighted by Crippen LogP contribution is -1.87. The van der Waals surface area contributed by atoms with E-state index in [2.05, 4.69) is 0 Å². The zero-order valence-corrected chi connectivity index (χ0v) is 7.78. The molecule has 0 atom stereocenters. The van der Waals surface area contributed by atoms with Crippen LogP contribution in [0.2, 0.25) is 0 Å². The van der Waals surface area contributed by atoms with Gasteiger partial charge in [-0.05, 0) is 30.2 Å². The van der Waals surface area contributed by atoms with Gasteiger partial charge in [0.05, 0.1) is 4.92 Å². The van der Waals surface area contributed by atoms with Gasteiger partial charge in [0.15, 0.2) is 0 Å². The number of allylic oxidation sites excluding steroid dienone is 1. The number of halogens is 1. The van der Waals surface area contributed by atoms with E-state index in [-0.39, 0.29) is 5.69 Å². The highest BCUT2D eigenvalue weighted by Crippen LogP contribution is 2.18. The van der Waals surface area contributed by atoms with E-state index in [1.54, 1.807) is 12.1 Å². The Morgan fingerprint density at radius 1 is 1.46 bits per heavy atom. The molecule has 68 valence electrons. The summed E-state index contributed by atoms with van der Waals surface area (Å²) in [5, 5.41) is 10.3. The summed E-state index contributed by atoms with van der Waals surface area (Å²) >= 11 is 5.49. The molecule has 0 heterocycles. The Bertz CT molecular complexity index is 343. The lowest BCUT2D eigenvalue weighted by molar-refractivity contribution is -0.384. The van der Waals surface area contributed by atoms with Gasteiger partial charge < -0.3 is 0 Å². The van der Waals surface area contributed by atoms with Gasteiger partial charge in [-0.3, -0.25) is 10.1 Å². The molecule has 0 saturated heterocycles. The molecule has 4 heteroatoms. The van der Waals surface area contributed by atoms with Crippen molar-refractivity contribution in [1.82, 2.24) is 0 Å². The van der Waals surface area contributed by atoms with Crippen LogP contribution in [0.15, 0.2) is 29.8 Å². The Morgan fingerprint density at radius 2 is 2.00 bits per heavy atom. The largest absolute Gasteiger partial charge is 0.269 e. The van der Waals surface area contributed by atoms with Crippen molar-refractivity contribution in [3.05, 3.63) is 45.5 Å². The molecule has 1 rings (SSSR count). The molecule has 0 aromatic heterocycles. The summed E-state index contributed by atoms with van der Waals surface area (Å²) in [6.07, 6.45) is 0. The van der Waals surface area contributed by atoms with Crippen LogP contribution in [0.25, 0.3) is 5.57 Å². The predicted octanol–water partition coefficient (Wildman–Crippen LogP) is 3.19. The summed E-state index contributed by atoms with van der Waals surface area (Å²) in [5.74, 6) is 0. The van der Waals surface area contributed by atoms with Gasteiger partial charge in [0.2, 0.25) is 0 Å². The molecule has 0 aliphatic heterocycles. The maximum absolute atomic E-state index is 10.3. The maximum atomic E-state index is 10.3. The number of non-ortho nitro benzene ring substituents is 1. The summed E-state index contributed by atoms with van der Waals surface area (Å²) in [6, 6.07) is 6.26. The van der Waals surface area contributed by atoms with Gasteiger partial charge in [-0.15, -0.1) is 0 Å². The predicted molar refractivity (Wildman–Crippen MR) is 52.6 cm³/mol. The lowest BCUT2D eigenvalue weighted by Gasteiger charge is -1.98. The highest BCUT2D eigenvalue weighted by Gasteiger charge is 2.03. The van der Waals surface area contributed by atoms with E-state index in [1.807, 2.05) is 6.92 Å². The minimum atomic E-state index is -0.427. The van der Waals surface area contributed by atoms with Crippen LogP contribution in [0.5, 0.6) is 0 Å². The molecule has 0 unspecified atom stereocenters. The average molecular weight is 198 g/mol. The molecule has 0 N–H and O–H groups in total. The number of benzene rings is 1. The van der Waals surface area contributed by atoms with E-state index < -0.39 is 4.92 Å². The van der Waals surface area contributed by atoms with E-state index in [1.165, 1.54) is 17.7 Å². The monoisotopic (exact) mass is 197 g/mol. The average Bonchev–Trinajstić information content (AvgIpc) is 2.17. The van der Waals surface area contributed by atoms with Crippen molar-refractivity contribution in [3.8, 4) is 0 Å². The molecule has 0 spiro atoms. The van der Waals surface area contributed by atoms with E-state index in [9.17, 15) is 10.1 Å². The molecule has 0 fully saturated rings. The van der Waals surface area contributed by atoms with Crippen molar-refractivity contribution in [3.63, 3.8) is 0 Å². The Hall–Kier alpha value is -1.35. The first kappa shape index (κ1) is 9.74. The molecule has 3 nitrogen and oxygen atoms in total. The number of nitro benzene ring substituents is 1. The van der Waals surface area contributed by atoms with Gasteiger partial charge in [0.25, 0.3) is 5.69 Å². The fourth-order valence-electron chi connectivity index (χ4n) is 0.909. The summed E-state index contributed by atoms with van der Waals surface area (Å²) in [7, 11) is 0. The van der Waals surface area contributed by atoms with Crippen LogP contribution in [0.3, 0.4) is 0 Å². The van der Waals surface area contributed by atoms with E-state index in [0.29, 0.717) is 0 Å². The normalized spacial score (nSPS) is 11.4. The standard InChI is InChI=1S/C9H8ClNO2/c1-7(6-10)8-2-4-9(5-3-8)11(12)13/h2-6H,1H3. The lowest BCUT2D eigenvalue weighted by atomic mass is 10.1. The summed E-state index contributed by atoms with van der Waals surface area (Å²) in [5.41, 5.74) is 3.31. The summed E-state index contributed by atoms with van der Waals surface area (Å²) in [6.45, 7) is 1.84. The van der Waals surface area contributed by atoms with Gasteiger partial charge in [-0.25, -0.2) is 0 Å². The van der Waals surface area contributed by atoms with Crippen molar-refractivity contribution in [2.75, 3.05) is 0 Å². The maximum Gasteiger partial charge on any atom is 0.269 e. The molecule has 0 aliphatic carbocycles. The first-order chi connectivity index (χ1) is 6.15. The van der Waals surface area contributed by atoms with Crippen molar-refractivity contribution >= 4 is 22.9 Å². The zero-order valence-electron chi connectivity index (χ0n) is 7.03. The van der Waals surface area contributed by atoms with E-state index in [4.69, 9.17) is 11.6 Å². The van der Waals surface area contributed by atoms with E-state index in [0.717, 1.165) is 11.1 Å². The third-order valence-corrected chi connectivity index (χ3v) is 2.02. The van der Waals surface area contributed by atoms with Gasteiger partial charge >= 0.3 is 0 Å². The molecular formula is C9H8ClNO2.